The van der Waals surface area contributed by atoms with E-state index in [2.05, 4.69) is 9.84 Å². The maximum Gasteiger partial charge on any atom is 0.337 e. The zero-order valence-corrected chi connectivity index (χ0v) is 15.9. The van der Waals surface area contributed by atoms with Crippen LogP contribution in [0.2, 0.25) is 0 Å². The van der Waals surface area contributed by atoms with E-state index in [9.17, 15) is 13.6 Å². The van der Waals surface area contributed by atoms with Crippen molar-refractivity contribution in [2.45, 2.75) is 26.6 Å². The Hall–Kier alpha value is -2.55. The molecule has 0 amide bonds. The molecule has 0 fully saturated rings. The number of nitrogens with zero attached hydrogens (tertiary/aromatic N) is 3. The molecule has 1 aromatic heterocycles. The molecule has 142 valence electrons. The van der Waals surface area contributed by atoms with E-state index in [0.717, 1.165) is 28.6 Å². The Bertz CT molecular complexity index is 969. The van der Waals surface area contributed by atoms with Gasteiger partial charge in [0.1, 0.15) is 0 Å². The number of methoxy groups -OCH3 is 1. The minimum atomic E-state index is -2.38. The number of fused-ring (bicyclic) bond motifs is 1. The van der Waals surface area contributed by atoms with E-state index in [1.54, 1.807) is 30.5 Å². The predicted octanol–water partition coefficient (Wildman–Crippen LogP) is 2.64. The molecule has 0 saturated heterocycles. The second kappa shape index (κ2) is 8.43. The molecule has 0 aliphatic heterocycles. The zero-order valence-electron chi connectivity index (χ0n) is 15.1. The highest BCUT2D eigenvalue weighted by Crippen LogP contribution is 2.19. The van der Waals surface area contributed by atoms with Gasteiger partial charge >= 0.3 is 5.97 Å². The summed E-state index contributed by atoms with van der Waals surface area (Å²) in [6.07, 6.45) is 1.80. The van der Waals surface area contributed by atoms with Crippen molar-refractivity contribution >= 4 is 28.1 Å². The Labute approximate surface area is 160 Å². The maximum absolute atomic E-state index is 11.7. The molecule has 0 bridgehead atoms. The van der Waals surface area contributed by atoms with Crippen LogP contribution in [0.5, 0.6) is 0 Å². The van der Waals surface area contributed by atoms with Gasteiger partial charge in [0.05, 0.1) is 24.4 Å². The van der Waals surface area contributed by atoms with Crippen LogP contribution in [-0.4, -0.2) is 35.9 Å². The Kier molecular flexibility index (Phi) is 6.00. The van der Waals surface area contributed by atoms with Crippen molar-refractivity contribution in [3.05, 3.63) is 65.4 Å². The smallest absolute Gasteiger partial charge is 0.337 e. The van der Waals surface area contributed by atoms with Crippen LogP contribution in [-0.2, 0) is 35.6 Å². The Morgan fingerprint density at radius 1 is 1.19 bits per heavy atom. The van der Waals surface area contributed by atoms with Gasteiger partial charge in [0.25, 0.3) is 0 Å². The molecular weight excluding hydrogens is 366 g/mol. The van der Waals surface area contributed by atoms with Gasteiger partial charge in [-0.1, -0.05) is 24.3 Å². The molecule has 0 radical (unpaired) electrons. The molecule has 0 aliphatic rings. The Morgan fingerprint density at radius 2 is 1.85 bits per heavy atom. The zero-order chi connectivity index (χ0) is 19.4. The van der Waals surface area contributed by atoms with E-state index < -0.39 is 17.2 Å². The molecule has 0 aliphatic carbocycles. The number of rotatable bonds is 7. The average molecular weight is 386 g/mol. The van der Waals surface area contributed by atoms with Crippen molar-refractivity contribution < 1.29 is 18.3 Å². The van der Waals surface area contributed by atoms with Crippen molar-refractivity contribution in [1.82, 2.24) is 14.1 Å². The first-order chi connectivity index (χ1) is 13.0. The SMILES string of the molecule is CCn1ncc2ccc(CN(Cc3ccc(C(=O)OC)cc3)S(=O)[O-])cc21. The van der Waals surface area contributed by atoms with E-state index in [0.29, 0.717) is 5.56 Å². The van der Waals surface area contributed by atoms with Crippen LogP contribution in [0, 0.1) is 0 Å². The predicted molar refractivity (Wildman–Crippen MR) is 101 cm³/mol. The highest BCUT2D eigenvalue weighted by atomic mass is 32.2. The van der Waals surface area contributed by atoms with Crippen LogP contribution in [0.4, 0.5) is 0 Å². The van der Waals surface area contributed by atoms with Crippen molar-refractivity contribution in [1.29, 1.82) is 0 Å². The van der Waals surface area contributed by atoms with E-state index in [1.165, 1.54) is 11.4 Å². The van der Waals surface area contributed by atoms with Crippen LogP contribution in [0.25, 0.3) is 10.9 Å². The summed E-state index contributed by atoms with van der Waals surface area (Å²) in [7, 11) is 1.32. The molecule has 1 unspecified atom stereocenters. The lowest BCUT2D eigenvalue weighted by molar-refractivity contribution is 0.0600. The number of hydrogen-bond donors (Lipinski definition) is 0. The fraction of sp³-hybridized carbons (Fsp3) is 0.263. The lowest BCUT2D eigenvalue weighted by Crippen LogP contribution is -2.25. The van der Waals surface area contributed by atoms with Crippen molar-refractivity contribution in [2.75, 3.05) is 7.11 Å². The van der Waals surface area contributed by atoms with Gasteiger partial charge in [-0.15, -0.1) is 0 Å². The van der Waals surface area contributed by atoms with Gasteiger partial charge in [0.2, 0.25) is 0 Å². The quantitative estimate of drug-likeness (QED) is 0.460. The van der Waals surface area contributed by atoms with Gasteiger partial charge in [-0.25, -0.2) is 9.10 Å². The number of hydrogen-bond acceptors (Lipinski definition) is 5. The molecule has 8 heteroatoms. The lowest BCUT2D eigenvalue weighted by atomic mass is 10.1. The monoisotopic (exact) mass is 386 g/mol. The summed E-state index contributed by atoms with van der Waals surface area (Å²) in [5.74, 6) is -0.424. The van der Waals surface area contributed by atoms with Crippen molar-refractivity contribution in [3.63, 3.8) is 0 Å². The fourth-order valence-corrected chi connectivity index (χ4v) is 3.41. The topological polar surface area (TPSA) is 87.5 Å². The number of carbonyl (C=O) groups is 1. The van der Waals surface area contributed by atoms with E-state index in [4.69, 9.17) is 0 Å². The number of aromatic nitrogens is 2. The molecule has 0 saturated carbocycles. The molecule has 1 heterocycles. The van der Waals surface area contributed by atoms with E-state index >= 15 is 0 Å². The van der Waals surface area contributed by atoms with Gasteiger partial charge in [0, 0.05) is 36.3 Å². The first kappa shape index (κ1) is 19.2. The Balaban J connectivity index is 1.78. The lowest BCUT2D eigenvalue weighted by Gasteiger charge is -2.24. The minimum absolute atomic E-state index is 0.211. The summed E-state index contributed by atoms with van der Waals surface area (Å²) < 4.78 is 31.3. The number of ether oxygens (including phenoxy) is 1. The highest BCUT2D eigenvalue weighted by Gasteiger charge is 2.11. The minimum Gasteiger partial charge on any atom is -0.760 e. The second-order valence-electron chi connectivity index (χ2n) is 6.06. The molecule has 1 atom stereocenters. The summed E-state index contributed by atoms with van der Waals surface area (Å²) in [5.41, 5.74) is 3.07. The number of benzene rings is 2. The van der Waals surface area contributed by atoms with Crippen LogP contribution < -0.4 is 0 Å². The van der Waals surface area contributed by atoms with E-state index in [-0.39, 0.29) is 13.1 Å². The van der Waals surface area contributed by atoms with Gasteiger partial charge in [-0.3, -0.25) is 8.89 Å². The van der Waals surface area contributed by atoms with Gasteiger partial charge in [-0.2, -0.15) is 5.10 Å². The number of aryl methyl sites for hydroxylation is 1. The molecule has 2 aromatic carbocycles. The molecule has 0 N–H and O–H groups in total. The third-order valence-corrected chi connectivity index (χ3v) is 4.99. The van der Waals surface area contributed by atoms with Crippen LogP contribution >= 0.6 is 0 Å². The van der Waals surface area contributed by atoms with Crippen molar-refractivity contribution in [3.8, 4) is 0 Å². The fourth-order valence-electron chi connectivity index (χ4n) is 2.90. The average Bonchev–Trinajstić information content (AvgIpc) is 3.09. The molecule has 7 nitrogen and oxygen atoms in total. The summed E-state index contributed by atoms with van der Waals surface area (Å²) >= 11 is -2.38. The highest BCUT2D eigenvalue weighted by molar-refractivity contribution is 7.76. The number of esters is 1. The number of carbonyl (C=O) groups excluding carboxylic acids is 1. The van der Waals surface area contributed by atoms with Gasteiger partial charge < -0.3 is 9.29 Å². The maximum atomic E-state index is 11.7. The standard InChI is InChI=1S/C19H21N3O4S/c1-3-22-18-10-15(6-9-17(18)11-20-22)13-21(27(24)25)12-14-4-7-16(8-5-14)19(23)26-2/h4-11H,3,12-13H2,1-2H3,(H,24,25)/p-1. The largest absolute Gasteiger partial charge is 0.760 e. The van der Waals surface area contributed by atoms with Crippen LogP contribution in [0.15, 0.2) is 48.7 Å². The third-order valence-electron chi connectivity index (χ3n) is 4.31. The third kappa shape index (κ3) is 4.41. The summed E-state index contributed by atoms with van der Waals surface area (Å²) in [4.78, 5) is 11.5. The van der Waals surface area contributed by atoms with Crippen molar-refractivity contribution in [2.24, 2.45) is 0 Å². The molecule has 3 rings (SSSR count). The first-order valence-corrected chi connectivity index (χ1v) is 9.51. The first-order valence-electron chi connectivity index (χ1n) is 8.48. The molecule has 27 heavy (non-hydrogen) atoms. The van der Waals surface area contributed by atoms with Crippen LogP contribution in [0.3, 0.4) is 0 Å². The van der Waals surface area contributed by atoms with Crippen LogP contribution in [0.1, 0.15) is 28.4 Å². The normalized spacial score (nSPS) is 12.4. The molecule has 0 spiro atoms. The Morgan fingerprint density at radius 3 is 2.48 bits per heavy atom. The summed E-state index contributed by atoms with van der Waals surface area (Å²) in [6, 6.07) is 12.5. The van der Waals surface area contributed by atoms with Gasteiger partial charge in [0.15, 0.2) is 0 Å². The summed E-state index contributed by atoms with van der Waals surface area (Å²) in [6.45, 7) is 3.22. The summed E-state index contributed by atoms with van der Waals surface area (Å²) in [5, 5.41) is 5.33. The van der Waals surface area contributed by atoms with E-state index in [1.807, 2.05) is 29.8 Å². The molecular formula is C19H20N3O4S-. The van der Waals surface area contributed by atoms with Gasteiger partial charge in [-0.05, 0) is 36.2 Å². The second-order valence-corrected chi connectivity index (χ2v) is 7.01. The molecule has 3 aromatic rings.